The number of ether oxygens (including phenoxy) is 2. The van der Waals surface area contributed by atoms with E-state index >= 15 is 0 Å². The first-order chi connectivity index (χ1) is 9.41. The van der Waals surface area contributed by atoms with Gasteiger partial charge >= 0.3 is 0 Å². The monoisotopic (exact) mass is 252 g/mol. The number of fused-ring (bicyclic) bond motifs is 1. The molecule has 0 saturated carbocycles. The Morgan fingerprint density at radius 3 is 1.95 bits per heavy atom. The predicted molar refractivity (Wildman–Crippen MR) is 72.6 cm³/mol. The highest BCUT2D eigenvalue weighted by molar-refractivity contribution is 5.40. The van der Waals surface area contributed by atoms with Crippen LogP contribution in [0, 0.1) is 5.92 Å². The van der Waals surface area contributed by atoms with Crippen LogP contribution in [-0.2, 0) is 15.1 Å². The molecule has 0 radical (unpaired) electrons. The van der Waals surface area contributed by atoms with Gasteiger partial charge in [0, 0.05) is 5.92 Å². The van der Waals surface area contributed by atoms with Crippen molar-refractivity contribution in [2.45, 2.75) is 18.3 Å². The quantitative estimate of drug-likeness (QED) is 0.816. The van der Waals surface area contributed by atoms with Crippen molar-refractivity contribution in [3.63, 3.8) is 0 Å². The zero-order valence-electron chi connectivity index (χ0n) is 10.7. The molecule has 2 unspecified atom stereocenters. The van der Waals surface area contributed by atoms with Crippen LogP contribution in [0.5, 0.6) is 0 Å². The fraction of sp³-hybridized carbons (Fsp3) is 0.294. The average Bonchev–Trinajstić information content (AvgIpc) is 2.85. The summed E-state index contributed by atoms with van der Waals surface area (Å²) >= 11 is 0. The van der Waals surface area contributed by atoms with Crippen molar-refractivity contribution in [2.75, 3.05) is 6.61 Å². The minimum Gasteiger partial charge on any atom is -0.352 e. The molecule has 0 N–H and O–H groups in total. The lowest BCUT2D eigenvalue weighted by molar-refractivity contribution is -0.310. The van der Waals surface area contributed by atoms with E-state index in [1.165, 1.54) is 11.1 Å². The van der Waals surface area contributed by atoms with Crippen LogP contribution >= 0.6 is 0 Å². The number of rotatable bonds is 2. The lowest BCUT2D eigenvalue weighted by Crippen LogP contribution is -2.56. The number of hydrogen-bond acceptors (Lipinski definition) is 2. The maximum Gasteiger partial charge on any atom is 0.165 e. The number of hydrogen-bond donors (Lipinski definition) is 0. The largest absolute Gasteiger partial charge is 0.352 e. The van der Waals surface area contributed by atoms with Gasteiger partial charge < -0.3 is 9.47 Å². The summed E-state index contributed by atoms with van der Waals surface area (Å²) in [6.45, 7) is 0.802. The molecule has 2 aliphatic heterocycles. The summed E-state index contributed by atoms with van der Waals surface area (Å²) in [6, 6.07) is 21.0. The van der Waals surface area contributed by atoms with Gasteiger partial charge in [-0.15, -0.1) is 0 Å². The summed E-state index contributed by atoms with van der Waals surface area (Å²) in [5, 5.41) is 0. The van der Waals surface area contributed by atoms with Gasteiger partial charge in [0.25, 0.3) is 0 Å². The molecule has 0 amide bonds. The van der Waals surface area contributed by atoms with Crippen LogP contribution in [0.25, 0.3) is 0 Å². The van der Waals surface area contributed by atoms with Gasteiger partial charge in [-0.1, -0.05) is 60.7 Å². The van der Waals surface area contributed by atoms with Crippen molar-refractivity contribution in [1.29, 1.82) is 0 Å². The van der Waals surface area contributed by atoms with Crippen LogP contribution in [-0.4, -0.2) is 12.9 Å². The standard InChI is InChI=1S/C17H16O2/c1-3-7-13(8-4-1)17(14-9-5-2-6-10-14)15-11-12-18-16(15)19-17/h1-10,15-16H,11-12H2. The molecular weight excluding hydrogens is 236 g/mol. The van der Waals surface area contributed by atoms with Gasteiger partial charge in [-0.2, -0.15) is 0 Å². The second-order valence-electron chi connectivity index (χ2n) is 5.22. The third-order valence-corrected chi connectivity index (χ3v) is 4.27. The highest BCUT2D eigenvalue weighted by Gasteiger charge is 2.60. The van der Waals surface area contributed by atoms with Crippen molar-refractivity contribution in [3.05, 3.63) is 71.8 Å². The third-order valence-electron chi connectivity index (χ3n) is 4.27. The Hall–Kier alpha value is -1.64. The normalized spacial score (nSPS) is 27.6. The van der Waals surface area contributed by atoms with Crippen molar-refractivity contribution in [1.82, 2.24) is 0 Å². The second-order valence-corrected chi connectivity index (χ2v) is 5.22. The van der Waals surface area contributed by atoms with Crippen molar-refractivity contribution >= 4 is 0 Å². The third kappa shape index (κ3) is 1.50. The van der Waals surface area contributed by atoms with Gasteiger partial charge in [0.15, 0.2) is 6.29 Å². The first kappa shape index (κ1) is 11.2. The Bertz CT molecular complexity index is 525. The minimum absolute atomic E-state index is 0.0274. The molecule has 2 heteroatoms. The maximum absolute atomic E-state index is 6.20. The lowest BCUT2D eigenvalue weighted by Gasteiger charge is -2.51. The molecule has 2 heterocycles. The SMILES string of the molecule is c1ccc(C2(c3ccccc3)OC3OCCC32)cc1. The molecule has 2 saturated heterocycles. The van der Waals surface area contributed by atoms with E-state index < -0.39 is 0 Å². The van der Waals surface area contributed by atoms with E-state index in [9.17, 15) is 0 Å². The molecule has 2 atom stereocenters. The maximum atomic E-state index is 6.20. The molecule has 0 aromatic heterocycles. The van der Waals surface area contributed by atoms with Crippen LogP contribution in [0.4, 0.5) is 0 Å². The van der Waals surface area contributed by atoms with Crippen LogP contribution in [0.3, 0.4) is 0 Å². The molecule has 2 fully saturated rings. The lowest BCUT2D eigenvalue weighted by atomic mass is 9.71. The Morgan fingerprint density at radius 1 is 0.842 bits per heavy atom. The minimum atomic E-state index is -0.316. The molecule has 2 aliphatic rings. The molecule has 0 spiro atoms. The van der Waals surface area contributed by atoms with E-state index in [-0.39, 0.29) is 11.9 Å². The molecular formula is C17H16O2. The van der Waals surface area contributed by atoms with Gasteiger partial charge in [-0.3, -0.25) is 0 Å². The topological polar surface area (TPSA) is 18.5 Å². The molecule has 0 aliphatic carbocycles. The summed E-state index contributed by atoms with van der Waals surface area (Å²) in [6.07, 6.45) is 1.04. The Morgan fingerprint density at radius 2 is 1.42 bits per heavy atom. The molecule has 2 aromatic carbocycles. The first-order valence-electron chi connectivity index (χ1n) is 6.82. The first-order valence-corrected chi connectivity index (χ1v) is 6.82. The molecule has 4 rings (SSSR count). The highest BCUT2D eigenvalue weighted by Crippen LogP contribution is 2.55. The van der Waals surface area contributed by atoms with Crippen molar-refractivity contribution in [2.24, 2.45) is 5.92 Å². The summed E-state index contributed by atoms with van der Waals surface area (Å²) in [7, 11) is 0. The van der Waals surface area contributed by atoms with E-state index in [1.807, 2.05) is 12.1 Å². The predicted octanol–water partition coefficient (Wildman–Crippen LogP) is 3.32. The Balaban J connectivity index is 1.85. The second kappa shape index (κ2) is 4.19. The van der Waals surface area contributed by atoms with Crippen LogP contribution in [0.2, 0.25) is 0 Å². The van der Waals surface area contributed by atoms with Crippen molar-refractivity contribution in [3.8, 4) is 0 Å². The zero-order chi connectivity index (χ0) is 12.7. The van der Waals surface area contributed by atoms with Gasteiger partial charge in [-0.25, -0.2) is 0 Å². The van der Waals surface area contributed by atoms with Crippen LogP contribution in [0.1, 0.15) is 17.5 Å². The van der Waals surface area contributed by atoms with Gasteiger partial charge in [0.1, 0.15) is 5.60 Å². The van der Waals surface area contributed by atoms with Gasteiger partial charge in [0.2, 0.25) is 0 Å². The van der Waals surface area contributed by atoms with Gasteiger partial charge in [0.05, 0.1) is 6.61 Å². The zero-order valence-corrected chi connectivity index (χ0v) is 10.7. The summed E-state index contributed by atoms with van der Waals surface area (Å²) in [5.74, 6) is 0.428. The molecule has 2 nitrogen and oxygen atoms in total. The molecule has 96 valence electrons. The van der Waals surface area contributed by atoms with E-state index in [1.54, 1.807) is 0 Å². The molecule has 19 heavy (non-hydrogen) atoms. The Labute approximate surface area is 113 Å². The van der Waals surface area contributed by atoms with Crippen LogP contribution < -0.4 is 0 Å². The fourth-order valence-electron chi connectivity index (χ4n) is 3.38. The molecule has 0 bridgehead atoms. The van der Waals surface area contributed by atoms with E-state index in [4.69, 9.17) is 9.47 Å². The fourth-order valence-corrected chi connectivity index (χ4v) is 3.38. The van der Waals surface area contributed by atoms with E-state index in [0.717, 1.165) is 13.0 Å². The van der Waals surface area contributed by atoms with E-state index in [2.05, 4.69) is 48.5 Å². The smallest absolute Gasteiger partial charge is 0.165 e. The Kier molecular flexibility index (Phi) is 2.47. The van der Waals surface area contributed by atoms with Crippen LogP contribution in [0.15, 0.2) is 60.7 Å². The average molecular weight is 252 g/mol. The van der Waals surface area contributed by atoms with Crippen molar-refractivity contribution < 1.29 is 9.47 Å². The summed E-state index contributed by atoms with van der Waals surface area (Å²) in [4.78, 5) is 0. The number of benzene rings is 2. The van der Waals surface area contributed by atoms with E-state index in [0.29, 0.717) is 5.92 Å². The summed E-state index contributed by atoms with van der Waals surface area (Å²) in [5.41, 5.74) is 2.14. The highest BCUT2D eigenvalue weighted by atomic mass is 16.7. The summed E-state index contributed by atoms with van der Waals surface area (Å²) < 4.78 is 11.8. The van der Waals surface area contributed by atoms with Gasteiger partial charge in [-0.05, 0) is 17.5 Å². The molecule has 2 aromatic rings.